The molecule has 2 aliphatic rings. The van der Waals surface area contributed by atoms with E-state index in [4.69, 9.17) is 11.6 Å². The Balaban J connectivity index is 1.82. The molecular formula is C23H20ClNO2. The van der Waals surface area contributed by atoms with Gasteiger partial charge in [0.2, 0.25) is 0 Å². The minimum Gasteiger partial charge on any atom is -0.298 e. The first-order valence-electron chi connectivity index (χ1n) is 9.43. The molecule has 2 aromatic carbocycles. The second-order valence-corrected chi connectivity index (χ2v) is 7.93. The second kappa shape index (κ2) is 6.94. The highest BCUT2D eigenvalue weighted by molar-refractivity contribution is 6.31. The van der Waals surface area contributed by atoms with E-state index < -0.39 is 5.92 Å². The lowest BCUT2D eigenvalue weighted by Crippen LogP contribution is -2.35. The van der Waals surface area contributed by atoms with Gasteiger partial charge >= 0.3 is 0 Å². The zero-order valence-electron chi connectivity index (χ0n) is 15.2. The number of carbonyl (C=O) groups is 2. The zero-order valence-corrected chi connectivity index (χ0v) is 15.9. The van der Waals surface area contributed by atoms with Crippen LogP contribution in [0, 0.1) is 23.2 Å². The number of nitrogens with zero attached hydrogens (tertiary/aromatic N) is 1. The molecule has 1 unspecified atom stereocenters. The van der Waals surface area contributed by atoms with E-state index in [0.717, 1.165) is 47.9 Å². The summed E-state index contributed by atoms with van der Waals surface area (Å²) in [5.74, 6) is -0.378. The van der Waals surface area contributed by atoms with E-state index in [1.54, 1.807) is 12.1 Å². The van der Waals surface area contributed by atoms with Crippen molar-refractivity contribution in [3.63, 3.8) is 0 Å². The maximum absolute atomic E-state index is 13.0. The van der Waals surface area contributed by atoms with Crippen molar-refractivity contribution >= 4 is 23.2 Å². The number of halogens is 1. The van der Waals surface area contributed by atoms with Crippen LogP contribution < -0.4 is 0 Å². The molecule has 4 rings (SSSR count). The molecular weight excluding hydrogens is 358 g/mol. The number of carbonyl (C=O) groups excluding carboxylic acids is 2. The highest BCUT2D eigenvalue weighted by Crippen LogP contribution is 2.45. The molecule has 2 aromatic rings. The van der Waals surface area contributed by atoms with E-state index in [2.05, 4.69) is 6.07 Å². The number of rotatable bonds is 3. The summed E-state index contributed by atoms with van der Waals surface area (Å²) in [6.45, 7) is 2.04. The number of hydrogen-bond donors (Lipinski definition) is 0. The Morgan fingerprint density at radius 2 is 1.67 bits per heavy atom. The van der Waals surface area contributed by atoms with Crippen LogP contribution in [-0.2, 0) is 16.0 Å². The highest BCUT2D eigenvalue weighted by Gasteiger charge is 2.47. The first kappa shape index (κ1) is 17.9. The van der Waals surface area contributed by atoms with Gasteiger partial charge in [0.05, 0.1) is 10.6 Å². The monoisotopic (exact) mass is 377 g/mol. The van der Waals surface area contributed by atoms with Gasteiger partial charge in [0, 0.05) is 11.8 Å². The molecule has 0 N–H and O–H groups in total. The molecule has 3 nitrogen and oxygen atoms in total. The van der Waals surface area contributed by atoms with Crippen LogP contribution in [0.2, 0.25) is 5.02 Å². The lowest BCUT2D eigenvalue weighted by atomic mass is 9.73. The Morgan fingerprint density at radius 3 is 2.30 bits per heavy atom. The van der Waals surface area contributed by atoms with E-state index >= 15 is 0 Å². The van der Waals surface area contributed by atoms with Crippen molar-refractivity contribution in [1.29, 1.82) is 5.26 Å². The SMILES string of the molecule is CCc1ccc(-c2ccc(Cl)c(C#N)c2)cc1C1C(=O)[C@@H]2CC[C@@H](C2)C1=O. The summed E-state index contributed by atoms with van der Waals surface area (Å²) in [4.78, 5) is 25.9. The van der Waals surface area contributed by atoms with Gasteiger partial charge in [0.1, 0.15) is 12.0 Å². The molecule has 27 heavy (non-hydrogen) atoms. The Morgan fingerprint density at radius 1 is 1.04 bits per heavy atom. The largest absolute Gasteiger partial charge is 0.298 e. The topological polar surface area (TPSA) is 57.9 Å². The van der Waals surface area contributed by atoms with Gasteiger partial charge in [-0.1, -0.05) is 36.7 Å². The van der Waals surface area contributed by atoms with Gasteiger partial charge in [0.25, 0.3) is 0 Å². The summed E-state index contributed by atoms with van der Waals surface area (Å²) >= 11 is 6.05. The van der Waals surface area contributed by atoms with Crippen LogP contribution in [0.4, 0.5) is 0 Å². The average molecular weight is 378 g/mol. The van der Waals surface area contributed by atoms with E-state index in [1.807, 2.05) is 31.2 Å². The zero-order chi connectivity index (χ0) is 19.1. The Hall–Kier alpha value is -2.44. The van der Waals surface area contributed by atoms with Crippen molar-refractivity contribution in [3.8, 4) is 17.2 Å². The van der Waals surface area contributed by atoms with Crippen molar-refractivity contribution in [2.24, 2.45) is 11.8 Å². The fraction of sp³-hybridized carbons (Fsp3) is 0.348. The van der Waals surface area contributed by atoms with Crippen molar-refractivity contribution in [2.75, 3.05) is 0 Å². The van der Waals surface area contributed by atoms with Crippen LogP contribution in [0.25, 0.3) is 11.1 Å². The normalized spacial score (nSPS) is 24.1. The second-order valence-electron chi connectivity index (χ2n) is 7.52. The predicted molar refractivity (Wildman–Crippen MR) is 105 cm³/mol. The summed E-state index contributed by atoms with van der Waals surface area (Å²) in [7, 11) is 0. The Kier molecular flexibility index (Phi) is 4.61. The van der Waals surface area contributed by atoms with Gasteiger partial charge in [0.15, 0.2) is 11.6 Å². The molecule has 0 heterocycles. The summed E-state index contributed by atoms with van der Waals surface area (Å²) in [6, 6.07) is 13.4. The average Bonchev–Trinajstić information content (AvgIpc) is 3.14. The third kappa shape index (κ3) is 2.99. The first-order chi connectivity index (χ1) is 13.0. The first-order valence-corrected chi connectivity index (χ1v) is 9.81. The quantitative estimate of drug-likeness (QED) is 0.700. The fourth-order valence-electron chi connectivity index (χ4n) is 4.57. The number of fused-ring (bicyclic) bond motifs is 2. The maximum atomic E-state index is 13.0. The molecule has 0 aliphatic heterocycles. The number of aryl methyl sites for hydroxylation is 1. The van der Waals surface area contributed by atoms with Gasteiger partial charge in [-0.15, -0.1) is 0 Å². The maximum Gasteiger partial charge on any atom is 0.150 e. The molecule has 0 saturated heterocycles. The summed E-state index contributed by atoms with van der Waals surface area (Å²) in [6.07, 6.45) is 3.19. The Bertz CT molecular complexity index is 966. The molecule has 2 bridgehead atoms. The number of hydrogen-bond acceptors (Lipinski definition) is 3. The molecule has 2 aliphatic carbocycles. The van der Waals surface area contributed by atoms with Crippen LogP contribution in [0.1, 0.15) is 48.8 Å². The third-order valence-corrected chi connectivity index (χ3v) is 6.39. The standard InChI is InChI=1S/C23H20ClNO2/c1-2-13-3-4-15(14-7-8-20(24)18(9-14)12-25)11-19(13)21-22(26)16-5-6-17(10-16)23(21)27/h3-4,7-9,11,16-17,21H,2,5-6,10H2,1H3/t16-,17+,21?. The van der Waals surface area contributed by atoms with Crippen LogP contribution >= 0.6 is 11.6 Å². The fourth-order valence-corrected chi connectivity index (χ4v) is 4.73. The van der Waals surface area contributed by atoms with Crippen LogP contribution in [0.3, 0.4) is 0 Å². The molecule has 4 heteroatoms. The van der Waals surface area contributed by atoms with Crippen molar-refractivity contribution < 1.29 is 9.59 Å². The van der Waals surface area contributed by atoms with E-state index in [0.29, 0.717) is 10.6 Å². The Labute approximate surface area is 164 Å². The number of Topliss-reactive ketones (excluding diaryl/α,β-unsaturated/α-hetero) is 2. The van der Waals surface area contributed by atoms with E-state index in [1.165, 1.54) is 0 Å². The lowest BCUT2D eigenvalue weighted by molar-refractivity contribution is -0.135. The summed E-state index contributed by atoms with van der Waals surface area (Å²) in [5.41, 5.74) is 4.06. The van der Waals surface area contributed by atoms with E-state index in [-0.39, 0.29) is 23.4 Å². The van der Waals surface area contributed by atoms with Gasteiger partial charge in [-0.2, -0.15) is 5.26 Å². The molecule has 2 saturated carbocycles. The molecule has 0 spiro atoms. The molecule has 3 atom stereocenters. The van der Waals surface area contributed by atoms with Gasteiger partial charge < -0.3 is 0 Å². The summed E-state index contributed by atoms with van der Waals surface area (Å²) in [5, 5.41) is 9.66. The summed E-state index contributed by atoms with van der Waals surface area (Å²) < 4.78 is 0. The van der Waals surface area contributed by atoms with Crippen molar-refractivity contribution in [1.82, 2.24) is 0 Å². The van der Waals surface area contributed by atoms with Gasteiger partial charge in [-0.3, -0.25) is 9.59 Å². The van der Waals surface area contributed by atoms with Gasteiger partial charge in [-0.25, -0.2) is 0 Å². The number of benzene rings is 2. The number of nitriles is 1. The van der Waals surface area contributed by atoms with E-state index in [9.17, 15) is 14.9 Å². The minimum absolute atomic E-state index is 0.0341. The smallest absolute Gasteiger partial charge is 0.150 e. The number of ketones is 2. The predicted octanol–water partition coefficient (Wildman–Crippen LogP) is 5.09. The lowest BCUT2D eigenvalue weighted by Gasteiger charge is -2.27. The van der Waals surface area contributed by atoms with Gasteiger partial charge in [-0.05, 0) is 66.1 Å². The van der Waals surface area contributed by atoms with Crippen LogP contribution in [-0.4, -0.2) is 11.6 Å². The third-order valence-electron chi connectivity index (χ3n) is 6.06. The molecule has 0 amide bonds. The molecule has 136 valence electrons. The highest BCUT2D eigenvalue weighted by atomic mass is 35.5. The molecule has 0 radical (unpaired) electrons. The van der Waals surface area contributed by atoms with Crippen molar-refractivity contribution in [3.05, 3.63) is 58.1 Å². The van der Waals surface area contributed by atoms with Crippen LogP contribution in [0.5, 0.6) is 0 Å². The molecule has 0 aromatic heterocycles. The van der Waals surface area contributed by atoms with Crippen molar-refractivity contribution in [2.45, 2.75) is 38.5 Å². The minimum atomic E-state index is -0.631. The molecule has 2 fully saturated rings. The van der Waals surface area contributed by atoms with Crippen LogP contribution in [0.15, 0.2) is 36.4 Å².